The van der Waals surface area contributed by atoms with Gasteiger partial charge in [-0.05, 0) is 17.4 Å². The fourth-order valence-electron chi connectivity index (χ4n) is 4.01. The Morgan fingerprint density at radius 1 is 1.22 bits per heavy atom. The number of hydrogen-bond donors (Lipinski definition) is 0. The van der Waals surface area contributed by atoms with Gasteiger partial charge in [-0.25, -0.2) is 14.5 Å². The number of carbonyl (C=O) groups is 3. The van der Waals surface area contributed by atoms with Gasteiger partial charge in [-0.1, -0.05) is 64.4 Å². The minimum Gasteiger partial charge on any atom is -0.447 e. The predicted octanol–water partition coefficient (Wildman–Crippen LogP) is 4.08. The SMILES string of the molecule is CC[C@H](C)[C@@H]([C@H](CC(=O)N1C(=O)OC[C@@H]1C(C)C)OC)N(C)C(=O)OCc1ccccc1. The van der Waals surface area contributed by atoms with E-state index >= 15 is 0 Å². The topological polar surface area (TPSA) is 85.4 Å². The molecule has 0 radical (unpaired) electrons. The number of likely N-dealkylation sites (N-methyl/N-ethyl adjacent to an activating group) is 1. The standard InChI is InChI=1S/C24H36N2O6/c1-7-17(4)22(25(5)23(28)31-14-18-11-9-8-10-12-18)20(30-6)13-21(27)26-19(16(2)3)15-32-24(26)29/h8-12,16-17,19-20,22H,7,13-15H2,1-6H3/t17-,19+,20-,22-/m0/s1. The van der Waals surface area contributed by atoms with E-state index in [4.69, 9.17) is 14.2 Å². The molecule has 32 heavy (non-hydrogen) atoms. The molecule has 0 bridgehead atoms. The summed E-state index contributed by atoms with van der Waals surface area (Å²) in [6.07, 6.45) is -0.989. The number of hydrogen-bond acceptors (Lipinski definition) is 6. The van der Waals surface area contributed by atoms with Gasteiger partial charge in [-0.3, -0.25) is 4.79 Å². The molecule has 0 spiro atoms. The lowest BCUT2D eigenvalue weighted by Gasteiger charge is -2.37. The van der Waals surface area contributed by atoms with Gasteiger partial charge in [0.25, 0.3) is 0 Å². The van der Waals surface area contributed by atoms with Crippen molar-refractivity contribution in [2.75, 3.05) is 20.8 Å². The molecular formula is C24H36N2O6. The zero-order valence-corrected chi connectivity index (χ0v) is 19.9. The van der Waals surface area contributed by atoms with Gasteiger partial charge in [0, 0.05) is 14.2 Å². The molecule has 1 fully saturated rings. The second-order valence-corrected chi connectivity index (χ2v) is 8.66. The highest BCUT2D eigenvalue weighted by Gasteiger charge is 2.42. The summed E-state index contributed by atoms with van der Waals surface area (Å²) in [6, 6.07) is 8.73. The van der Waals surface area contributed by atoms with Crippen LogP contribution in [0.2, 0.25) is 0 Å². The highest BCUT2D eigenvalue weighted by molar-refractivity contribution is 5.93. The summed E-state index contributed by atoms with van der Waals surface area (Å²) in [6.45, 7) is 8.26. The molecular weight excluding hydrogens is 412 g/mol. The second kappa shape index (κ2) is 11.9. The number of amides is 3. The number of nitrogens with zero attached hydrogens (tertiary/aromatic N) is 2. The molecule has 0 unspecified atom stereocenters. The molecule has 1 heterocycles. The summed E-state index contributed by atoms with van der Waals surface area (Å²) < 4.78 is 16.3. The number of benzene rings is 1. The largest absolute Gasteiger partial charge is 0.447 e. The maximum absolute atomic E-state index is 13.1. The number of cyclic esters (lactones) is 1. The van der Waals surface area contributed by atoms with E-state index in [1.807, 2.05) is 58.0 Å². The summed E-state index contributed by atoms with van der Waals surface area (Å²) in [7, 11) is 3.17. The maximum atomic E-state index is 13.1. The number of ether oxygens (including phenoxy) is 3. The number of rotatable bonds is 10. The lowest BCUT2D eigenvalue weighted by Crippen LogP contribution is -2.52. The third-order valence-corrected chi connectivity index (χ3v) is 6.17. The van der Waals surface area contributed by atoms with Crippen molar-refractivity contribution in [3.8, 4) is 0 Å². The first-order valence-electron chi connectivity index (χ1n) is 11.2. The van der Waals surface area contributed by atoms with E-state index < -0.39 is 24.3 Å². The van der Waals surface area contributed by atoms with Crippen LogP contribution in [-0.4, -0.2) is 66.8 Å². The van der Waals surface area contributed by atoms with Gasteiger partial charge in [-0.2, -0.15) is 0 Å². The Morgan fingerprint density at radius 2 is 1.88 bits per heavy atom. The molecule has 178 valence electrons. The van der Waals surface area contributed by atoms with Crippen molar-refractivity contribution in [3.63, 3.8) is 0 Å². The van der Waals surface area contributed by atoms with Gasteiger partial charge in [0.2, 0.25) is 5.91 Å². The first-order chi connectivity index (χ1) is 15.2. The van der Waals surface area contributed by atoms with Crippen LogP contribution < -0.4 is 0 Å². The molecule has 1 aliphatic rings. The molecule has 1 aliphatic heterocycles. The Hall–Kier alpha value is -2.61. The Balaban J connectivity index is 2.13. The lowest BCUT2D eigenvalue weighted by molar-refractivity contribution is -0.134. The maximum Gasteiger partial charge on any atom is 0.416 e. The fraction of sp³-hybridized carbons (Fsp3) is 0.625. The minimum absolute atomic E-state index is 0.0356. The molecule has 0 aromatic heterocycles. The van der Waals surface area contributed by atoms with Gasteiger partial charge < -0.3 is 19.1 Å². The smallest absolute Gasteiger partial charge is 0.416 e. The van der Waals surface area contributed by atoms with E-state index in [2.05, 4.69) is 0 Å². The summed E-state index contributed by atoms with van der Waals surface area (Å²) in [5.74, 6) is -0.252. The van der Waals surface area contributed by atoms with Crippen molar-refractivity contribution in [2.24, 2.45) is 11.8 Å². The molecule has 3 amide bonds. The second-order valence-electron chi connectivity index (χ2n) is 8.66. The third-order valence-electron chi connectivity index (χ3n) is 6.17. The van der Waals surface area contributed by atoms with Gasteiger partial charge in [0.05, 0.1) is 24.6 Å². The van der Waals surface area contributed by atoms with Crippen molar-refractivity contribution >= 4 is 18.1 Å². The van der Waals surface area contributed by atoms with Crippen LogP contribution in [0.5, 0.6) is 0 Å². The Labute approximate surface area is 190 Å². The van der Waals surface area contributed by atoms with Crippen molar-refractivity contribution in [1.29, 1.82) is 0 Å². The van der Waals surface area contributed by atoms with E-state index in [0.717, 1.165) is 12.0 Å². The highest BCUT2D eigenvalue weighted by atomic mass is 16.6. The molecule has 1 aromatic rings. The van der Waals surface area contributed by atoms with Crippen LogP contribution in [0.3, 0.4) is 0 Å². The molecule has 1 aromatic carbocycles. The molecule has 0 N–H and O–H groups in total. The predicted molar refractivity (Wildman–Crippen MR) is 120 cm³/mol. The van der Waals surface area contributed by atoms with Crippen molar-refractivity contribution < 1.29 is 28.6 Å². The van der Waals surface area contributed by atoms with E-state index in [1.165, 1.54) is 16.9 Å². The minimum atomic E-state index is -0.626. The Kier molecular flexibility index (Phi) is 9.50. The van der Waals surface area contributed by atoms with E-state index in [0.29, 0.717) is 0 Å². The zero-order chi connectivity index (χ0) is 23.8. The number of methoxy groups -OCH3 is 1. The molecule has 8 nitrogen and oxygen atoms in total. The van der Waals surface area contributed by atoms with E-state index in [1.54, 1.807) is 7.05 Å². The number of imide groups is 1. The molecule has 4 atom stereocenters. The summed E-state index contributed by atoms with van der Waals surface area (Å²) in [5.41, 5.74) is 0.889. The van der Waals surface area contributed by atoms with Crippen LogP contribution in [0.4, 0.5) is 9.59 Å². The van der Waals surface area contributed by atoms with Gasteiger partial charge >= 0.3 is 12.2 Å². The fourth-order valence-corrected chi connectivity index (χ4v) is 4.01. The quantitative estimate of drug-likeness (QED) is 0.536. The van der Waals surface area contributed by atoms with Gasteiger partial charge in [0.15, 0.2) is 0 Å². The van der Waals surface area contributed by atoms with E-state index in [-0.39, 0.29) is 43.4 Å². The summed E-state index contributed by atoms with van der Waals surface area (Å²) in [5, 5.41) is 0. The van der Waals surface area contributed by atoms with Gasteiger partial charge in [-0.15, -0.1) is 0 Å². The molecule has 2 rings (SSSR count). The van der Waals surface area contributed by atoms with Crippen LogP contribution in [0.25, 0.3) is 0 Å². The van der Waals surface area contributed by atoms with Crippen LogP contribution in [0, 0.1) is 11.8 Å². The van der Waals surface area contributed by atoms with Crippen LogP contribution in [-0.2, 0) is 25.6 Å². The monoisotopic (exact) mass is 448 g/mol. The van der Waals surface area contributed by atoms with Crippen molar-refractivity contribution in [1.82, 2.24) is 9.80 Å². The number of carbonyl (C=O) groups excluding carboxylic acids is 3. The Bertz CT molecular complexity index is 769. The summed E-state index contributed by atoms with van der Waals surface area (Å²) in [4.78, 5) is 40.8. The first kappa shape index (κ1) is 25.6. The van der Waals surface area contributed by atoms with E-state index in [9.17, 15) is 14.4 Å². The zero-order valence-electron chi connectivity index (χ0n) is 19.9. The Morgan fingerprint density at radius 3 is 2.44 bits per heavy atom. The van der Waals surface area contributed by atoms with Gasteiger partial charge in [0.1, 0.15) is 13.2 Å². The molecule has 1 saturated heterocycles. The van der Waals surface area contributed by atoms with Crippen molar-refractivity contribution in [3.05, 3.63) is 35.9 Å². The average Bonchev–Trinajstić information content (AvgIpc) is 3.18. The molecule has 0 aliphatic carbocycles. The lowest BCUT2D eigenvalue weighted by atomic mass is 9.91. The molecule has 0 saturated carbocycles. The van der Waals surface area contributed by atoms with Crippen LogP contribution >= 0.6 is 0 Å². The third kappa shape index (κ3) is 6.22. The first-order valence-corrected chi connectivity index (χ1v) is 11.2. The van der Waals surface area contributed by atoms with Crippen LogP contribution in [0.1, 0.15) is 46.1 Å². The van der Waals surface area contributed by atoms with Crippen LogP contribution in [0.15, 0.2) is 30.3 Å². The van der Waals surface area contributed by atoms with Crippen molar-refractivity contribution in [2.45, 2.75) is 65.3 Å². The highest BCUT2D eigenvalue weighted by Crippen LogP contribution is 2.26. The normalized spacial score (nSPS) is 18.8. The molecule has 8 heteroatoms. The summed E-state index contributed by atoms with van der Waals surface area (Å²) >= 11 is 0. The average molecular weight is 449 g/mol.